The first-order valence-electron chi connectivity index (χ1n) is 6.83. The Hall–Kier alpha value is -1.79. The number of aromatic nitrogens is 1. The summed E-state index contributed by atoms with van der Waals surface area (Å²) in [5.41, 5.74) is 0.569. The molecule has 4 nitrogen and oxygen atoms in total. The summed E-state index contributed by atoms with van der Waals surface area (Å²) >= 11 is 3.28. The van der Waals surface area contributed by atoms with Gasteiger partial charge in [0.1, 0.15) is 11.6 Å². The summed E-state index contributed by atoms with van der Waals surface area (Å²) in [6.07, 6.45) is 1.61. The molecule has 1 heterocycles. The normalized spacial score (nSPS) is 12.2. The summed E-state index contributed by atoms with van der Waals surface area (Å²) in [4.78, 5) is 17.9. The van der Waals surface area contributed by atoms with E-state index in [-0.39, 0.29) is 24.3 Å². The van der Waals surface area contributed by atoms with Gasteiger partial charge in [0.15, 0.2) is 0 Å². The molecule has 6 heteroatoms. The van der Waals surface area contributed by atoms with Crippen molar-refractivity contribution in [2.45, 2.75) is 13.0 Å². The molecule has 0 fully saturated rings. The van der Waals surface area contributed by atoms with E-state index in [2.05, 4.69) is 26.2 Å². The van der Waals surface area contributed by atoms with E-state index in [1.807, 2.05) is 6.92 Å². The van der Waals surface area contributed by atoms with Crippen LogP contribution in [-0.2, 0) is 4.79 Å². The number of carbonyl (C=O) groups is 1. The molecule has 2 aromatic rings. The molecule has 0 aliphatic heterocycles. The number of carbonyl (C=O) groups excluding carboxylic acids is 1. The van der Waals surface area contributed by atoms with Crippen LogP contribution < -0.4 is 5.32 Å². The lowest BCUT2D eigenvalue weighted by Crippen LogP contribution is -2.32. The molecule has 0 saturated carbocycles. The van der Waals surface area contributed by atoms with Crippen molar-refractivity contribution in [3.63, 3.8) is 0 Å². The molecule has 0 aliphatic rings. The van der Waals surface area contributed by atoms with Crippen molar-refractivity contribution < 1.29 is 9.18 Å². The fourth-order valence-electron chi connectivity index (χ4n) is 2.05. The summed E-state index contributed by atoms with van der Waals surface area (Å²) in [5, 5.41) is 2.71. The predicted octanol–water partition coefficient (Wildman–Crippen LogP) is 3.61. The monoisotopic (exact) mass is 365 g/mol. The van der Waals surface area contributed by atoms with E-state index < -0.39 is 0 Å². The molecule has 1 N–H and O–H groups in total. The first-order chi connectivity index (χ1) is 10.5. The zero-order valence-electron chi connectivity index (χ0n) is 12.4. The molecule has 0 saturated heterocycles. The molecule has 1 atom stereocenters. The SMILES string of the molecule is CC(c1ccccc1F)N(C)CC(=O)Nc1ccc(Br)cn1. The largest absolute Gasteiger partial charge is 0.310 e. The highest BCUT2D eigenvalue weighted by atomic mass is 79.9. The Morgan fingerprint density at radius 1 is 1.36 bits per heavy atom. The average molecular weight is 366 g/mol. The summed E-state index contributed by atoms with van der Waals surface area (Å²) in [6, 6.07) is 9.89. The van der Waals surface area contributed by atoms with Crippen LogP contribution in [0, 0.1) is 5.82 Å². The first-order valence-corrected chi connectivity index (χ1v) is 7.62. The van der Waals surface area contributed by atoms with Crippen LogP contribution in [-0.4, -0.2) is 29.4 Å². The Kier molecular flexibility index (Phi) is 5.63. The molecule has 1 unspecified atom stereocenters. The van der Waals surface area contributed by atoms with E-state index in [9.17, 15) is 9.18 Å². The number of pyridine rings is 1. The van der Waals surface area contributed by atoms with Gasteiger partial charge in [0.2, 0.25) is 5.91 Å². The number of rotatable bonds is 5. The van der Waals surface area contributed by atoms with Crippen LogP contribution in [0.25, 0.3) is 0 Å². The first kappa shape index (κ1) is 16.6. The van der Waals surface area contributed by atoms with Crippen molar-refractivity contribution >= 4 is 27.7 Å². The second kappa shape index (κ2) is 7.47. The Balaban J connectivity index is 1.96. The number of halogens is 2. The fourth-order valence-corrected chi connectivity index (χ4v) is 2.28. The second-order valence-electron chi connectivity index (χ2n) is 5.02. The zero-order valence-corrected chi connectivity index (χ0v) is 14.0. The molecule has 1 amide bonds. The lowest BCUT2D eigenvalue weighted by molar-refractivity contribution is -0.117. The van der Waals surface area contributed by atoms with E-state index in [1.165, 1.54) is 6.07 Å². The molecule has 0 spiro atoms. The minimum absolute atomic E-state index is 0.146. The van der Waals surface area contributed by atoms with Crippen LogP contribution in [0.5, 0.6) is 0 Å². The van der Waals surface area contributed by atoms with Crippen molar-refractivity contribution in [2.24, 2.45) is 0 Å². The maximum atomic E-state index is 13.8. The maximum Gasteiger partial charge on any atom is 0.239 e. The number of benzene rings is 1. The molecular formula is C16H17BrFN3O. The van der Waals surface area contributed by atoms with Gasteiger partial charge in [-0.15, -0.1) is 0 Å². The maximum absolute atomic E-state index is 13.8. The van der Waals surface area contributed by atoms with Crippen molar-refractivity contribution in [1.29, 1.82) is 0 Å². The average Bonchev–Trinajstić information content (AvgIpc) is 2.49. The van der Waals surface area contributed by atoms with E-state index in [1.54, 1.807) is 48.5 Å². The minimum atomic E-state index is -0.267. The molecular weight excluding hydrogens is 349 g/mol. The van der Waals surface area contributed by atoms with Gasteiger partial charge in [-0.05, 0) is 48.1 Å². The smallest absolute Gasteiger partial charge is 0.239 e. The van der Waals surface area contributed by atoms with Crippen LogP contribution >= 0.6 is 15.9 Å². The lowest BCUT2D eigenvalue weighted by atomic mass is 10.1. The molecule has 0 bridgehead atoms. The highest BCUT2D eigenvalue weighted by Crippen LogP contribution is 2.21. The second-order valence-corrected chi connectivity index (χ2v) is 5.94. The van der Waals surface area contributed by atoms with Gasteiger partial charge in [-0.3, -0.25) is 9.69 Å². The Labute approximate surface area is 137 Å². The number of likely N-dealkylation sites (N-methyl/N-ethyl adjacent to an activating group) is 1. The van der Waals surface area contributed by atoms with Gasteiger partial charge in [-0.2, -0.15) is 0 Å². The van der Waals surface area contributed by atoms with Gasteiger partial charge in [-0.1, -0.05) is 18.2 Å². The number of anilines is 1. The minimum Gasteiger partial charge on any atom is -0.310 e. The molecule has 0 radical (unpaired) electrons. The number of hydrogen-bond donors (Lipinski definition) is 1. The van der Waals surface area contributed by atoms with Crippen molar-refractivity contribution in [2.75, 3.05) is 18.9 Å². The summed E-state index contributed by atoms with van der Waals surface area (Å²) in [5.74, 6) is 0.0255. The highest BCUT2D eigenvalue weighted by molar-refractivity contribution is 9.10. The molecule has 22 heavy (non-hydrogen) atoms. The van der Waals surface area contributed by atoms with Crippen LogP contribution in [0.4, 0.5) is 10.2 Å². The number of nitrogens with zero attached hydrogens (tertiary/aromatic N) is 2. The van der Waals surface area contributed by atoms with E-state index in [0.29, 0.717) is 11.4 Å². The van der Waals surface area contributed by atoms with Crippen molar-refractivity contribution in [1.82, 2.24) is 9.88 Å². The van der Waals surface area contributed by atoms with E-state index >= 15 is 0 Å². The van der Waals surface area contributed by atoms with E-state index in [4.69, 9.17) is 0 Å². The molecule has 1 aromatic carbocycles. The van der Waals surface area contributed by atoms with Crippen LogP contribution in [0.2, 0.25) is 0 Å². The summed E-state index contributed by atoms with van der Waals surface area (Å²) in [7, 11) is 1.78. The van der Waals surface area contributed by atoms with Crippen molar-refractivity contribution in [3.8, 4) is 0 Å². The molecule has 0 aliphatic carbocycles. The molecule has 116 valence electrons. The van der Waals surface area contributed by atoms with Gasteiger partial charge in [0, 0.05) is 22.3 Å². The van der Waals surface area contributed by atoms with Gasteiger partial charge in [0.05, 0.1) is 6.54 Å². The Morgan fingerprint density at radius 2 is 2.09 bits per heavy atom. The van der Waals surface area contributed by atoms with Crippen LogP contribution in [0.3, 0.4) is 0 Å². The third-order valence-electron chi connectivity index (χ3n) is 3.40. The van der Waals surface area contributed by atoms with Gasteiger partial charge >= 0.3 is 0 Å². The number of nitrogens with one attached hydrogen (secondary N) is 1. The van der Waals surface area contributed by atoms with E-state index in [0.717, 1.165) is 4.47 Å². The molecule has 1 aromatic heterocycles. The predicted molar refractivity (Wildman–Crippen MR) is 88.0 cm³/mol. The molecule has 2 rings (SSSR count). The number of amides is 1. The van der Waals surface area contributed by atoms with Crippen LogP contribution in [0.15, 0.2) is 47.1 Å². The Morgan fingerprint density at radius 3 is 2.73 bits per heavy atom. The van der Waals surface area contributed by atoms with Gasteiger partial charge in [-0.25, -0.2) is 9.37 Å². The third kappa shape index (κ3) is 4.35. The fraction of sp³-hybridized carbons (Fsp3) is 0.250. The number of hydrogen-bond acceptors (Lipinski definition) is 3. The lowest BCUT2D eigenvalue weighted by Gasteiger charge is -2.24. The quantitative estimate of drug-likeness (QED) is 0.879. The van der Waals surface area contributed by atoms with Gasteiger partial charge < -0.3 is 5.32 Å². The zero-order chi connectivity index (χ0) is 16.1. The standard InChI is InChI=1S/C16H17BrFN3O/c1-11(13-5-3-4-6-14(13)18)21(2)10-16(22)20-15-8-7-12(17)9-19-15/h3-9,11H,10H2,1-2H3,(H,19,20,22). The summed E-state index contributed by atoms with van der Waals surface area (Å²) < 4.78 is 14.6. The third-order valence-corrected chi connectivity index (χ3v) is 3.87. The van der Waals surface area contributed by atoms with Gasteiger partial charge in [0.25, 0.3) is 0 Å². The van der Waals surface area contributed by atoms with Crippen molar-refractivity contribution in [3.05, 3.63) is 58.4 Å². The summed E-state index contributed by atoms with van der Waals surface area (Å²) in [6.45, 7) is 2.01. The topological polar surface area (TPSA) is 45.2 Å². The highest BCUT2D eigenvalue weighted by Gasteiger charge is 2.17. The Bertz CT molecular complexity index is 648. The van der Waals surface area contributed by atoms with Crippen LogP contribution in [0.1, 0.15) is 18.5 Å².